The van der Waals surface area contributed by atoms with Gasteiger partial charge in [0.1, 0.15) is 0 Å². The molecule has 0 spiro atoms. The van der Waals surface area contributed by atoms with E-state index >= 15 is 0 Å². The zero-order valence-corrected chi connectivity index (χ0v) is 16.1. The Balaban J connectivity index is 2.11. The summed E-state index contributed by atoms with van der Waals surface area (Å²) in [6.45, 7) is -1.49. The molecule has 0 saturated carbocycles. The van der Waals surface area contributed by atoms with Gasteiger partial charge in [0.2, 0.25) is 0 Å². The Morgan fingerprint density at radius 3 is 2.35 bits per heavy atom. The fourth-order valence-electron chi connectivity index (χ4n) is 2.72. The van der Waals surface area contributed by atoms with Crippen molar-refractivity contribution >= 4 is 17.5 Å². The smallest absolute Gasteiger partial charge is 0.416 e. The van der Waals surface area contributed by atoms with Crippen molar-refractivity contribution in [2.75, 3.05) is 5.32 Å². The molecule has 0 aliphatic carbocycles. The predicted molar refractivity (Wildman–Crippen MR) is 98.9 cm³/mol. The quantitative estimate of drug-likeness (QED) is 0.461. The summed E-state index contributed by atoms with van der Waals surface area (Å²) in [6.07, 6.45) is -3.81. The molecule has 0 aromatic heterocycles. The number of halogens is 6. The summed E-state index contributed by atoms with van der Waals surface area (Å²) in [7, 11) is 0. The van der Waals surface area contributed by atoms with Crippen LogP contribution in [0.5, 0.6) is 5.75 Å². The summed E-state index contributed by atoms with van der Waals surface area (Å²) in [5.74, 6) is -4.31. The van der Waals surface area contributed by atoms with E-state index < -0.39 is 47.8 Å². The minimum Gasteiger partial charge on any atom is -0.432 e. The molecule has 11 heteroatoms. The molecule has 2 aromatic carbocycles. The molecule has 2 amide bonds. The third kappa shape index (κ3) is 6.90. The highest BCUT2D eigenvalue weighted by atomic mass is 19.4. The first kappa shape index (κ1) is 24.0. The molecule has 0 saturated heterocycles. The van der Waals surface area contributed by atoms with Gasteiger partial charge >= 0.3 is 24.6 Å². The van der Waals surface area contributed by atoms with Crippen LogP contribution in [0.25, 0.3) is 0 Å². The van der Waals surface area contributed by atoms with Crippen LogP contribution in [-0.4, -0.2) is 18.4 Å². The van der Waals surface area contributed by atoms with Crippen LogP contribution in [-0.2, 0) is 15.8 Å². The van der Waals surface area contributed by atoms with E-state index in [0.29, 0.717) is 12.5 Å². The number of carbonyl (C=O) groups is 2. The van der Waals surface area contributed by atoms with Crippen molar-refractivity contribution in [1.29, 1.82) is 0 Å². The summed E-state index contributed by atoms with van der Waals surface area (Å²) in [6, 6.07) is 6.05. The maximum absolute atomic E-state index is 13.7. The number of ether oxygens (including phenoxy) is 1. The molecule has 31 heavy (non-hydrogen) atoms. The standard InChI is InChI=1S/C20H18F6N2O3/c1-2-4-15(11-5-3-6-12(9-11)20(24,25)26)28-18(30)17(29)27-13-7-8-16(14(21)10-13)31-19(22)23/h3,5-10,15,19H,2,4H2,1H3,(H,27,29)(H,28,30). The fourth-order valence-corrected chi connectivity index (χ4v) is 2.72. The highest BCUT2D eigenvalue weighted by molar-refractivity contribution is 6.39. The summed E-state index contributed by atoms with van der Waals surface area (Å²) < 4.78 is 80.8. The van der Waals surface area contributed by atoms with E-state index in [1.54, 1.807) is 6.92 Å². The molecular formula is C20H18F6N2O3. The Bertz CT molecular complexity index is 933. The molecule has 2 aromatic rings. The lowest BCUT2D eigenvalue weighted by Gasteiger charge is -2.19. The normalized spacial score (nSPS) is 12.4. The van der Waals surface area contributed by atoms with Gasteiger partial charge in [-0.15, -0.1) is 0 Å². The molecule has 0 aliphatic heterocycles. The van der Waals surface area contributed by atoms with Crippen LogP contribution in [0.3, 0.4) is 0 Å². The van der Waals surface area contributed by atoms with Gasteiger partial charge in [-0.3, -0.25) is 9.59 Å². The van der Waals surface area contributed by atoms with Crippen LogP contribution >= 0.6 is 0 Å². The summed E-state index contributed by atoms with van der Waals surface area (Å²) >= 11 is 0. The first-order chi connectivity index (χ1) is 14.5. The average molecular weight is 448 g/mol. The number of alkyl halides is 5. The van der Waals surface area contributed by atoms with E-state index in [0.717, 1.165) is 24.3 Å². The minimum atomic E-state index is -4.57. The number of benzene rings is 2. The first-order valence-corrected chi connectivity index (χ1v) is 9.04. The van der Waals surface area contributed by atoms with Gasteiger partial charge in [-0.1, -0.05) is 25.5 Å². The van der Waals surface area contributed by atoms with Gasteiger partial charge in [0.25, 0.3) is 0 Å². The summed E-state index contributed by atoms with van der Waals surface area (Å²) in [5.41, 5.74) is -0.936. The Morgan fingerprint density at radius 1 is 1.06 bits per heavy atom. The summed E-state index contributed by atoms with van der Waals surface area (Å²) in [4.78, 5) is 24.3. The van der Waals surface area contributed by atoms with Crippen molar-refractivity contribution in [3.63, 3.8) is 0 Å². The van der Waals surface area contributed by atoms with Crippen molar-refractivity contribution in [2.45, 2.75) is 38.6 Å². The van der Waals surface area contributed by atoms with Crippen molar-refractivity contribution in [3.05, 3.63) is 59.4 Å². The third-order valence-electron chi connectivity index (χ3n) is 4.11. The molecule has 168 valence electrons. The van der Waals surface area contributed by atoms with E-state index in [1.165, 1.54) is 12.1 Å². The molecule has 5 nitrogen and oxygen atoms in total. The molecule has 0 heterocycles. The zero-order valence-electron chi connectivity index (χ0n) is 16.1. The maximum atomic E-state index is 13.7. The Hall–Kier alpha value is -3.24. The van der Waals surface area contributed by atoms with Crippen LogP contribution in [0.15, 0.2) is 42.5 Å². The second-order valence-corrected chi connectivity index (χ2v) is 6.42. The lowest BCUT2D eigenvalue weighted by atomic mass is 10.00. The third-order valence-corrected chi connectivity index (χ3v) is 4.11. The van der Waals surface area contributed by atoms with E-state index in [2.05, 4.69) is 15.4 Å². The van der Waals surface area contributed by atoms with Crippen LogP contribution in [0.2, 0.25) is 0 Å². The largest absolute Gasteiger partial charge is 0.432 e. The van der Waals surface area contributed by atoms with E-state index in [4.69, 9.17) is 0 Å². The second kappa shape index (κ2) is 10.2. The molecule has 2 N–H and O–H groups in total. The van der Waals surface area contributed by atoms with Crippen LogP contribution < -0.4 is 15.4 Å². The van der Waals surface area contributed by atoms with Gasteiger partial charge < -0.3 is 15.4 Å². The topological polar surface area (TPSA) is 67.4 Å². The van der Waals surface area contributed by atoms with Gasteiger partial charge in [0, 0.05) is 11.8 Å². The van der Waals surface area contributed by atoms with Gasteiger partial charge in [-0.25, -0.2) is 4.39 Å². The Morgan fingerprint density at radius 2 is 1.77 bits per heavy atom. The van der Waals surface area contributed by atoms with Crippen LogP contribution in [0, 0.1) is 5.82 Å². The monoisotopic (exact) mass is 448 g/mol. The molecule has 0 aliphatic rings. The van der Waals surface area contributed by atoms with Gasteiger partial charge in [0.15, 0.2) is 11.6 Å². The number of amides is 2. The predicted octanol–water partition coefficient (Wildman–Crippen LogP) is 5.04. The number of nitrogens with one attached hydrogen (secondary N) is 2. The molecule has 0 bridgehead atoms. The second-order valence-electron chi connectivity index (χ2n) is 6.42. The average Bonchev–Trinajstić information content (AvgIpc) is 2.68. The Kier molecular flexibility index (Phi) is 7.89. The number of rotatable bonds is 7. The SMILES string of the molecule is CCCC(NC(=O)C(=O)Nc1ccc(OC(F)F)c(F)c1)c1cccc(C(F)(F)F)c1. The number of hydrogen-bond donors (Lipinski definition) is 2. The fraction of sp³-hybridized carbons (Fsp3) is 0.300. The first-order valence-electron chi connectivity index (χ1n) is 9.04. The zero-order chi connectivity index (χ0) is 23.2. The number of anilines is 1. The van der Waals surface area contributed by atoms with Crippen LogP contribution in [0.4, 0.5) is 32.0 Å². The molecule has 1 unspecified atom stereocenters. The van der Waals surface area contributed by atoms with Crippen molar-refractivity contribution in [2.24, 2.45) is 0 Å². The lowest BCUT2D eigenvalue weighted by molar-refractivity contribution is -0.137. The number of hydrogen-bond acceptors (Lipinski definition) is 3. The molecule has 0 fully saturated rings. The van der Waals surface area contributed by atoms with Gasteiger partial charge in [-0.2, -0.15) is 22.0 Å². The molecule has 0 radical (unpaired) electrons. The van der Waals surface area contributed by atoms with Crippen molar-refractivity contribution < 1.29 is 40.7 Å². The van der Waals surface area contributed by atoms with Gasteiger partial charge in [0.05, 0.1) is 11.6 Å². The minimum absolute atomic E-state index is 0.164. The van der Waals surface area contributed by atoms with Crippen molar-refractivity contribution in [3.8, 4) is 5.75 Å². The summed E-state index contributed by atoms with van der Waals surface area (Å²) in [5, 5.41) is 4.43. The highest BCUT2D eigenvalue weighted by Crippen LogP contribution is 2.31. The molecular weight excluding hydrogens is 430 g/mol. The highest BCUT2D eigenvalue weighted by Gasteiger charge is 2.31. The van der Waals surface area contributed by atoms with E-state index in [9.17, 15) is 35.9 Å². The van der Waals surface area contributed by atoms with E-state index in [1.807, 2.05) is 0 Å². The lowest BCUT2D eigenvalue weighted by Crippen LogP contribution is -2.38. The number of carbonyl (C=O) groups excluding carboxylic acids is 2. The van der Waals surface area contributed by atoms with Gasteiger partial charge in [-0.05, 0) is 36.2 Å². The van der Waals surface area contributed by atoms with Crippen molar-refractivity contribution in [1.82, 2.24) is 5.32 Å². The maximum Gasteiger partial charge on any atom is 0.416 e. The molecule has 2 rings (SSSR count). The Labute approximate surface area is 173 Å². The van der Waals surface area contributed by atoms with Crippen LogP contribution in [0.1, 0.15) is 36.9 Å². The molecule has 1 atom stereocenters. The van der Waals surface area contributed by atoms with E-state index in [-0.39, 0.29) is 17.7 Å².